The standard InChI is InChI=1S/C14H18N2O4/c1-4-11(14(19)20-3)16-13(18)10-7-5-6-8-12(10)15-9(2)17/h5-8,11H,4H2,1-3H3,(H,15,17)(H,16,18)/t11-/m1/s1. The molecular weight excluding hydrogens is 260 g/mol. The van der Waals surface area contributed by atoms with E-state index in [1.54, 1.807) is 31.2 Å². The van der Waals surface area contributed by atoms with E-state index < -0.39 is 17.9 Å². The van der Waals surface area contributed by atoms with Gasteiger partial charge < -0.3 is 15.4 Å². The topological polar surface area (TPSA) is 84.5 Å². The number of para-hydroxylation sites is 1. The van der Waals surface area contributed by atoms with Crippen molar-refractivity contribution in [2.24, 2.45) is 0 Å². The van der Waals surface area contributed by atoms with Crippen LogP contribution in [0.15, 0.2) is 24.3 Å². The summed E-state index contributed by atoms with van der Waals surface area (Å²) < 4.78 is 4.61. The molecule has 0 fully saturated rings. The van der Waals surface area contributed by atoms with Gasteiger partial charge in [-0.2, -0.15) is 0 Å². The van der Waals surface area contributed by atoms with Crippen LogP contribution in [-0.4, -0.2) is 30.9 Å². The number of methoxy groups -OCH3 is 1. The lowest BCUT2D eigenvalue weighted by Crippen LogP contribution is -2.41. The summed E-state index contributed by atoms with van der Waals surface area (Å²) in [5, 5.41) is 5.16. The molecule has 0 saturated carbocycles. The van der Waals surface area contributed by atoms with Crippen molar-refractivity contribution in [1.29, 1.82) is 0 Å². The second-order valence-corrected chi connectivity index (χ2v) is 4.18. The molecule has 6 heteroatoms. The molecule has 0 aliphatic carbocycles. The zero-order chi connectivity index (χ0) is 15.1. The molecule has 0 aliphatic rings. The Morgan fingerprint density at radius 1 is 1.25 bits per heavy atom. The van der Waals surface area contributed by atoms with Gasteiger partial charge in [-0.15, -0.1) is 0 Å². The van der Waals surface area contributed by atoms with E-state index in [2.05, 4.69) is 15.4 Å². The summed E-state index contributed by atoms with van der Waals surface area (Å²) in [6.07, 6.45) is 0.417. The van der Waals surface area contributed by atoms with E-state index in [1.807, 2.05) is 0 Å². The van der Waals surface area contributed by atoms with Gasteiger partial charge in [0.05, 0.1) is 18.4 Å². The van der Waals surface area contributed by atoms with Gasteiger partial charge in [-0.1, -0.05) is 19.1 Å². The van der Waals surface area contributed by atoms with Crippen molar-refractivity contribution in [3.8, 4) is 0 Å². The number of carbonyl (C=O) groups excluding carboxylic acids is 3. The number of nitrogens with one attached hydrogen (secondary N) is 2. The number of carbonyl (C=O) groups is 3. The maximum atomic E-state index is 12.2. The Bertz CT molecular complexity index is 514. The molecule has 0 radical (unpaired) electrons. The zero-order valence-electron chi connectivity index (χ0n) is 11.7. The van der Waals surface area contributed by atoms with E-state index in [0.29, 0.717) is 17.7 Å². The third-order valence-electron chi connectivity index (χ3n) is 2.68. The highest BCUT2D eigenvalue weighted by Crippen LogP contribution is 2.15. The highest BCUT2D eigenvalue weighted by Gasteiger charge is 2.21. The Morgan fingerprint density at radius 3 is 2.45 bits per heavy atom. The largest absolute Gasteiger partial charge is 0.467 e. The average Bonchev–Trinajstić information content (AvgIpc) is 2.43. The minimum atomic E-state index is -0.710. The van der Waals surface area contributed by atoms with Crippen LogP contribution in [0.3, 0.4) is 0 Å². The summed E-state index contributed by atoms with van der Waals surface area (Å²) in [6, 6.07) is 5.87. The van der Waals surface area contributed by atoms with Gasteiger partial charge in [-0.3, -0.25) is 9.59 Å². The lowest BCUT2D eigenvalue weighted by molar-refractivity contribution is -0.142. The van der Waals surface area contributed by atoms with Crippen LogP contribution in [-0.2, 0) is 14.3 Å². The molecule has 2 amide bonds. The Hall–Kier alpha value is -2.37. The van der Waals surface area contributed by atoms with Crippen LogP contribution in [0.1, 0.15) is 30.6 Å². The van der Waals surface area contributed by atoms with Crippen molar-refractivity contribution in [3.05, 3.63) is 29.8 Å². The van der Waals surface area contributed by atoms with Crippen LogP contribution >= 0.6 is 0 Å². The van der Waals surface area contributed by atoms with Gasteiger partial charge in [-0.25, -0.2) is 4.79 Å². The predicted octanol–water partition coefficient (Wildman–Crippen LogP) is 1.33. The smallest absolute Gasteiger partial charge is 0.328 e. The molecule has 0 aliphatic heterocycles. The summed E-state index contributed by atoms with van der Waals surface area (Å²) in [4.78, 5) is 34.7. The molecule has 1 aromatic carbocycles. The number of hydrogen-bond donors (Lipinski definition) is 2. The fraction of sp³-hybridized carbons (Fsp3) is 0.357. The fourth-order valence-electron chi connectivity index (χ4n) is 1.69. The molecule has 0 bridgehead atoms. The summed E-state index contributed by atoms with van der Waals surface area (Å²) >= 11 is 0. The lowest BCUT2D eigenvalue weighted by atomic mass is 10.1. The Kier molecular flexibility index (Phi) is 5.71. The van der Waals surface area contributed by atoms with Crippen molar-refractivity contribution in [2.45, 2.75) is 26.3 Å². The predicted molar refractivity (Wildman–Crippen MR) is 74.3 cm³/mol. The lowest BCUT2D eigenvalue weighted by Gasteiger charge is -2.16. The minimum Gasteiger partial charge on any atom is -0.467 e. The minimum absolute atomic E-state index is 0.273. The number of esters is 1. The number of amides is 2. The molecule has 0 unspecified atom stereocenters. The van der Waals surface area contributed by atoms with Crippen LogP contribution in [0.2, 0.25) is 0 Å². The quantitative estimate of drug-likeness (QED) is 0.796. The number of hydrogen-bond acceptors (Lipinski definition) is 4. The Labute approximate surface area is 117 Å². The number of ether oxygens (including phenoxy) is 1. The third kappa shape index (κ3) is 4.08. The van der Waals surface area contributed by atoms with E-state index in [-0.39, 0.29) is 5.91 Å². The highest BCUT2D eigenvalue weighted by atomic mass is 16.5. The highest BCUT2D eigenvalue weighted by molar-refractivity contribution is 6.04. The van der Waals surface area contributed by atoms with Crippen molar-refractivity contribution in [1.82, 2.24) is 5.32 Å². The van der Waals surface area contributed by atoms with Gasteiger partial charge in [-0.05, 0) is 18.6 Å². The molecule has 1 aromatic rings. The number of anilines is 1. The van der Waals surface area contributed by atoms with Gasteiger partial charge in [0.1, 0.15) is 6.04 Å². The number of benzene rings is 1. The molecule has 1 rings (SSSR count). The van der Waals surface area contributed by atoms with Crippen molar-refractivity contribution >= 4 is 23.5 Å². The molecule has 0 spiro atoms. The first-order valence-corrected chi connectivity index (χ1v) is 6.24. The van der Waals surface area contributed by atoms with E-state index in [1.165, 1.54) is 14.0 Å². The van der Waals surface area contributed by atoms with Crippen LogP contribution in [0.25, 0.3) is 0 Å². The van der Waals surface area contributed by atoms with Crippen LogP contribution in [0, 0.1) is 0 Å². The normalized spacial score (nSPS) is 11.3. The Morgan fingerprint density at radius 2 is 1.90 bits per heavy atom. The van der Waals surface area contributed by atoms with E-state index in [9.17, 15) is 14.4 Å². The first-order chi connectivity index (χ1) is 9.49. The summed E-state index contributed by atoms with van der Waals surface area (Å²) in [6.45, 7) is 3.12. The van der Waals surface area contributed by atoms with Gasteiger partial charge in [0.15, 0.2) is 0 Å². The molecule has 0 aromatic heterocycles. The summed E-state index contributed by atoms with van der Waals surface area (Å²) in [5.74, 6) is -1.21. The first-order valence-electron chi connectivity index (χ1n) is 6.24. The second kappa shape index (κ2) is 7.28. The van der Waals surface area contributed by atoms with E-state index in [4.69, 9.17) is 0 Å². The van der Waals surface area contributed by atoms with Gasteiger partial charge in [0.25, 0.3) is 5.91 Å². The van der Waals surface area contributed by atoms with E-state index >= 15 is 0 Å². The molecule has 6 nitrogen and oxygen atoms in total. The molecule has 0 heterocycles. The maximum Gasteiger partial charge on any atom is 0.328 e. The van der Waals surface area contributed by atoms with Crippen molar-refractivity contribution < 1.29 is 19.1 Å². The Balaban J connectivity index is 2.91. The molecule has 20 heavy (non-hydrogen) atoms. The molecule has 1 atom stereocenters. The van der Waals surface area contributed by atoms with Crippen LogP contribution in [0.4, 0.5) is 5.69 Å². The summed E-state index contributed by atoms with van der Waals surface area (Å²) in [7, 11) is 1.27. The monoisotopic (exact) mass is 278 g/mol. The third-order valence-corrected chi connectivity index (χ3v) is 2.68. The average molecular weight is 278 g/mol. The van der Waals surface area contributed by atoms with Gasteiger partial charge in [0, 0.05) is 6.92 Å². The first kappa shape index (κ1) is 15.7. The maximum absolute atomic E-state index is 12.2. The summed E-state index contributed by atoms with van der Waals surface area (Å²) in [5.41, 5.74) is 0.697. The van der Waals surface area contributed by atoms with E-state index in [0.717, 1.165) is 0 Å². The molecule has 2 N–H and O–H groups in total. The van der Waals surface area contributed by atoms with Crippen molar-refractivity contribution in [2.75, 3.05) is 12.4 Å². The zero-order valence-corrected chi connectivity index (χ0v) is 11.7. The molecular formula is C14H18N2O4. The number of rotatable bonds is 5. The fourth-order valence-corrected chi connectivity index (χ4v) is 1.69. The van der Waals surface area contributed by atoms with Gasteiger partial charge >= 0.3 is 5.97 Å². The SMILES string of the molecule is CC[C@@H](NC(=O)c1ccccc1NC(C)=O)C(=O)OC. The second-order valence-electron chi connectivity index (χ2n) is 4.18. The van der Waals surface area contributed by atoms with Crippen LogP contribution < -0.4 is 10.6 Å². The molecule has 0 saturated heterocycles. The van der Waals surface area contributed by atoms with Crippen LogP contribution in [0.5, 0.6) is 0 Å². The molecule has 108 valence electrons. The van der Waals surface area contributed by atoms with Crippen molar-refractivity contribution in [3.63, 3.8) is 0 Å². The van der Waals surface area contributed by atoms with Gasteiger partial charge in [0.2, 0.25) is 5.91 Å².